The monoisotopic (exact) mass is 372 g/mol. The van der Waals surface area contributed by atoms with Crippen molar-refractivity contribution < 1.29 is 4.79 Å². The summed E-state index contributed by atoms with van der Waals surface area (Å²) in [4.78, 5) is 16.8. The molecular weight excluding hydrogens is 348 g/mol. The van der Waals surface area contributed by atoms with Gasteiger partial charge in [-0.15, -0.1) is 0 Å². The molecule has 2 aliphatic heterocycles. The smallest absolute Gasteiger partial charge is 0.219 e. The number of aryl methyl sites for hydroxylation is 2. The van der Waals surface area contributed by atoms with E-state index in [4.69, 9.17) is 11.6 Å². The number of aromatic nitrogens is 2. The van der Waals surface area contributed by atoms with Gasteiger partial charge in [0.25, 0.3) is 0 Å². The molecule has 0 unspecified atom stereocenters. The highest BCUT2D eigenvalue weighted by atomic mass is 35.5. The zero-order chi connectivity index (χ0) is 18.4. The van der Waals surface area contributed by atoms with E-state index >= 15 is 0 Å². The van der Waals surface area contributed by atoms with Crippen molar-refractivity contribution in [3.05, 3.63) is 51.8 Å². The van der Waals surface area contributed by atoms with Crippen LogP contribution in [0.2, 0.25) is 5.02 Å². The number of carbonyl (C=O) groups is 1. The molecule has 0 bridgehead atoms. The molecule has 5 nitrogen and oxygen atoms in total. The zero-order valence-electron chi connectivity index (χ0n) is 15.5. The minimum atomic E-state index is 0.167. The van der Waals surface area contributed by atoms with E-state index in [0.717, 1.165) is 42.6 Å². The van der Waals surface area contributed by atoms with E-state index in [1.807, 2.05) is 6.92 Å². The molecule has 3 atom stereocenters. The number of fused-ring (bicyclic) bond motifs is 1. The standard InChI is InChI=1S/C20H25ClN4O/c1-12-6-4-5-7-16(12)20-17-10-24(8-15(17)9-25(20)14(3)26)11-18-19(21)13(2)22-23-18/h4-7,15,17,20H,8-11H2,1-3H3,(H,22,23)/t15-,17-,20-/m1/s1. The molecule has 1 N–H and O–H groups in total. The molecule has 1 aromatic carbocycles. The summed E-state index contributed by atoms with van der Waals surface area (Å²) in [6, 6.07) is 8.62. The van der Waals surface area contributed by atoms with Gasteiger partial charge >= 0.3 is 0 Å². The average molecular weight is 373 g/mol. The van der Waals surface area contributed by atoms with Crippen molar-refractivity contribution in [1.82, 2.24) is 20.0 Å². The Kier molecular flexibility index (Phi) is 4.53. The van der Waals surface area contributed by atoms with Crippen LogP contribution in [0.4, 0.5) is 0 Å². The number of nitrogens with one attached hydrogen (secondary N) is 1. The fourth-order valence-electron chi connectivity index (χ4n) is 4.69. The summed E-state index contributed by atoms with van der Waals surface area (Å²) >= 11 is 6.34. The van der Waals surface area contributed by atoms with Gasteiger partial charge in [-0.2, -0.15) is 5.10 Å². The first-order valence-corrected chi connectivity index (χ1v) is 9.58. The molecule has 2 aliphatic rings. The van der Waals surface area contributed by atoms with Gasteiger partial charge in [0.15, 0.2) is 0 Å². The lowest BCUT2D eigenvalue weighted by Crippen LogP contribution is -2.34. The first-order valence-electron chi connectivity index (χ1n) is 9.20. The van der Waals surface area contributed by atoms with Crippen LogP contribution in [0.25, 0.3) is 0 Å². The Labute approximate surface area is 159 Å². The van der Waals surface area contributed by atoms with E-state index in [2.05, 4.69) is 51.2 Å². The molecule has 6 heteroatoms. The number of carbonyl (C=O) groups excluding carboxylic acids is 1. The summed E-state index contributed by atoms with van der Waals surface area (Å²) in [7, 11) is 0. The van der Waals surface area contributed by atoms with E-state index in [-0.39, 0.29) is 11.9 Å². The van der Waals surface area contributed by atoms with Crippen molar-refractivity contribution in [2.45, 2.75) is 33.4 Å². The molecule has 0 spiro atoms. The maximum absolute atomic E-state index is 12.3. The third-order valence-corrected chi connectivity index (χ3v) is 6.47. The Bertz CT molecular complexity index is 833. The minimum Gasteiger partial charge on any atom is -0.335 e. The third kappa shape index (κ3) is 2.93. The fourth-order valence-corrected chi connectivity index (χ4v) is 4.83. The maximum Gasteiger partial charge on any atom is 0.219 e. The van der Waals surface area contributed by atoms with E-state index < -0.39 is 0 Å². The number of nitrogens with zero attached hydrogens (tertiary/aromatic N) is 3. The third-order valence-electron chi connectivity index (χ3n) is 5.97. The summed E-state index contributed by atoms with van der Waals surface area (Å²) in [6.07, 6.45) is 0. The molecule has 3 heterocycles. The van der Waals surface area contributed by atoms with E-state index in [1.54, 1.807) is 6.92 Å². The van der Waals surface area contributed by atoms with Crippen LogP contribution in [0.5, 0.6) is 0 Å². The van der Waals surface area contributed by atoms with Crippen molar-refractivity contribution in [2.75, 3.05) is 19.6 Å². The van der Waals surface area contributed by atoms with Crippen LogP contribution in [0.15, 0.2) is 24.3 Å². The van der Waals surface area contributed by atoms with Crippen LogP contribution < -0.4 is 0 Å². The predicted molar refractivity (Wildman–Crippen MR) is 102 cm³/mol. The predicted octanol–water partition coefficient (Wildman–Crippen LogP) is 3.33. The Morgan fingerprint density at radius 3 is 2.69 bits per heavy atom. The second kappa shape index (κ2) is 6.71. The van der Waals surface area contributed by atoms with Gasteiger partial charge in [-0.1, -0.05) is 35.9 Å². The zero-order valence-corrected chi connectivity index (χ0v) is 16.3. The SMILES string of the molecule is CC(=O)N1C[C@H]2CN(Cc3n[nH]c(C)c3Cl)C[C@H]2[C@H]1c1ccccc1C. The van der Waals surface area contributed by atoms with Crippen LogP contribution in [-0.2, 0) is 11.3 Å². The van der Waals surface area contributed by atoms with Gasteiger partial charge in [0.2, 0.25) is 5.91 Å². The summed E-state index contributed by atoms with van der Waals surface area (Å²) < 4.78 is 0. The van der Waals surface area contributed by atoms with Gasteiger partial charge in [-0.3, -0.25) is 14.8 Å². The molecule has 1 amide bonds. The molecule has 26 heavy (non-hydrogen) atoms. The Morgan fingerprint density at radius 2 is 2.04 bits per heavy atom. The van der Waals surface area contributed by atoms with Crippen LogP contribution in [-0.4, -0.2) is 45.5 Å². The highest BCUT2D eigenvalue weighted by molar-refractivity contribution is 6.31. The van der Waals surface area contributed by atoms with Gasteiger partial charge in [-0.25, -0.2) is 0 Å². The number of benzene rings is 1. The molecule has 2 saturated heterocycles. The largest absolute Gasteiger partial charge is 0.335 e. The van der Waals surface area contributed by atoms with Crippen molar-refractivity contribution in [3.8, 4) is 0 Å². The van der Waals surface area contributed by atoms with E-state index in [1.165, 1.54) is 11.1 Å². The molecule has 1 aromatic heterocycles. The van der Waals surface area contributed by atoms with Gasteiger partial charge in [0, 0.05) is 39.0 Å². The second-order valence-electron chi connectivity index (χ2n) is 7.70. The molecule has 2 fully saturated rings. The topological polar surface area (TPSA) is 52.2 Å². The average Bonchev–Trinajstić information content (AvgIpc) is 3.24. The number of aromatic amines is 1. The van der Waals surface area contributed by atoms with Crippen LogP contribution in [0, 0.1) is 25.7 Å². The maximum atomic E-state index is 12.3. The highest BCUT2D eigenvalue weighted by Crippen LogP contribution is 2.46. The van der Waals surface area contributed by atoms with Crippen molar-refractivity contribution >= 4 is 17.5 Å². The number of hydrogen-bond donors (Lipinski definition) is 1. The van der Waals surface area contributed by atoms with Gasteiger partial charge in [-0.05, 0) is 30.9 Å². The van der Waals surface area contributed by atoms with Crippen LogP contribution in [0.3, 0.4) is 0 Å². The normalized spacial score (nSPS) is 25.7. The second-order valence-corrected chi connectivity index (χ2v) is 8.08. The number of hydrogen-bond acceptors (Lipinski definition) is 3. The van der Waals surface area contributed by atoms with Gasteiger partial charge in [0.1, 0.15) is 0 Å². The number of H-pyrrole nitrogens is 1. The summed E-state index contributed by atoms with van der Waals surface area (Å²) in [5, 5.41) is 8.05. The highest BCUT2D eigenvalue weighted by Gasteiger charge is 2.48. The Hall–Kier alpha value is -1.85. The number of rotatable bonds is 3. The Morgan fingerprint density at radius 1 is 1.27 bits per heavy atom. The molecule has 0 radical (unpaired) electrons. The Balaban J connectivity index is 1.58. The first kappa shape index (κ1) is 17.6. The van der Waals surface area contributed by atoms with Crippen LogP contribution >= 0.6 is 11.6 Å². The van der Waals surface area contributed by atoms with Gasteiger partial charge < -0.3 is 4.90 Å². The lowest BCUT2D eigenvalue weighted by molar-refractivity contribution is -0.130. The number of likely N-dealkylation sites (tertiary alicyclic amines) is 2. The fraction of sp³-hybridized carbons (Fsp3) is 0.500. The van der Waals surface area contributed by atoms with Crippen molar-refractivity contribution in [3.63, 3.8) is 0 Å². The van der Waals surface area contributed by atoms with Crippen LogP contribution in [0.1, 0.15) is 35.5 Å². The number of amides is 1. The lowest BCUT2D eigenvalue weighted by atomic mass is 9.87. The summed E-state index contributed by atoms with van der Waals surface area (Å²) in [5.41, 5.74) is 4.38. The van der Waals surface area contributed by atoms with Crippen molar-refractivity contribution in [2.24, 2.45) is 11.8 Å². The number of halogens is 1. The first-order chi connectivity index (χ1) is 12.5. The van der Waals surface area contributed by atoms with E-state index in [9.17, 15) is 4.79 Å². The van der Waals surface area contributed by atoms with Crippen molar-refractivity contribution in [1.29, 1.82) is 0 Å². The molecular formula is C20H25ClN4O. The molecule has 2 aromatic rings. The summed E-state index contributed by atoms with van der Waals surface area (Å²) in [6.45, 7) is 9.32. The molecule has 138 valence electrons. The van der Waals surface area contributed by atoms with E-state index in [0.29, 0.717) is 11.8 Å². The quantitative estimate of drug-likeness (QED) is 0.899. The molecule has 4 rings (SSSR count). The molecule has 0 aliphatic carbocycles. The minimum absolute atomic E-state index is 0.167. The lowest BCUT2D eigenvalue weighted by Gasteiger charge is -2.30. The van der Waals surface area contributed by atoms with Gasteiger partial charge in [0.05, 0.1) is 22.5 Å². The summed E-state index contributed by atoms with van der Waals surface area (Å²) in [5.74, 6) is 1.13. The molecule has 0 saturated carbocycles.